The Hall–Kier alpha value is -0.120. The molecule has 0 rings (SSSR count). The summed E-state index contributed by atoms with van der Waals surface area (Å²) in [7, 11) is 0. The Bertz CT molecular complexity index is 199. The molecule has 18 heavy (non-hydrogen) atoms. The van der Waals surface area contributed by atoms with Crippen molar-refractivity contribution in [3.8, 4) is 0 Å². The van der Waals surface area contributed by atoms with Crippen LogP contribution in [0, 0.1) is 5.92 Å². The minimum atomic E-state index is -0.219. The number of hydrogen-bond acceptors (Lipinski definition) is 3. The number of aliphatic hydroxyl groups excluding tert-OH is 1. The molecule has 3 heteroatoms. The molecule has 0 radical (unpaired) electrons. The van der Waals surface area contributed by atoms with Gasteiger partial charge in [0.05, 0.1) is 12.7 Å². The van der Waals surface area contributed by atoms with Gasteiger partial charge in [-0.25, -0.2) is 0 Å². The highest BCUT2D eigenvalue weighted by Crippen LogP contribution is 2.16. The molecule has 3 atom stereocenters. The van der Waals surface area contributed by atoms with Crippen LogP contribution in [0.2, 0.25) is 0 Å². The Morgan fingerprint density at radius 1 is 1.22 bits per heavy atom. The summed E-state index contributed by atoms with van der Waals surface area (Å²) in [5.41, 5.74) is -0.219. The Kier molecular flexibility index (Phi) is 9.70. The van der Waals surface area contributed by atoms with Gasteiger partial charge in [-0.15, -0.1) is 0 Å². The quantitative estimate of drug-likeness (QED) is 0.599. The second-order valence-electron chi connectivity index (χ2n) is 5.89. The van der Waals surface area contributed by atoms with Crippen LogP contribution in [0.4, 0.5) is 0 Å². The maximum absolute atomic E-state index is 9.50. The van der Waals surface area contributed by atoms with Crippen LogP contribution in [-0.2, 0) is 4.74 Å². The van der Waals surface area contributed by atoms with Crippen molar-refractivity contribution < 1.29 is 9.84 Å². The van der Waals surface area contributed by atoms with Gasteiger partial charge in [-0.3, -0.25) is 0 Å². The zero-order valence-electron chi connectivity index (χ0n) is 13.0. The zero-order chi connectivity index (χ0) is 14.0. The van der Waals surface area contributed by atoms with Gasteiger partial charge in [-0.1, -0.05) is 27.2 Å². The van der Waals surface area contributed by atoms with Crippen LogP contribution in [0.1, 0.15) is 60.3 Å². The van der Waals surface area contributed by atoms with Crippen LogP contribution in [0.25, 0.3) is 0 Å². The fraction of sp³-hybridized carbons (Fsp3) is 1.00. The summed E-state index contributed by atoms with van der Waals surface area (Å²) in [6, 6.07) is 0. The third-order valence-corrected chi connectivity index (χ3v) is 3.34. The van der Waals surface area contributed by atoms with Gasteiger partial charge in [0.25, 0.3) is 0 Å². The lowest BCUT2D eigenvalue weighted by Gasteiger charge is -2.32. The molecule has 3 nitrogen and oxygen atoms in total. The summed E-state index contributed by atoms with van der Waals surface area (Å²) in [6.45, 7) is 12.7. The van der Waals surface area contributed by atoms with E-state index in [1.807, 2.05) is 0 Å². The molecule has 0 aromatic carbocycles. The molecule has 0 aliphatic heterocycles. The van der Waals surface area contributed by atoms with Crippen molar-refractivity contribution in [1.29, 1.82) is 0 Å². The van der Waals surface area contributed by atoms with Crippen molar-refractivity contribution in [3.05, 3.63) is 0 Å². The predicted molar refractivity (Wildman–Crippen MR) is 77.9 cm³/mol. The maximum atomic E-state index is 9.50. The minimum Gasteiger partial charge on any atom is -0.394 e. The molecule has 0 spiro atoms. The highest BCUT2D eigenvalue weighted by Gasteiger charge is 2.25. The van der Waals surface area contributed by atoms with Crippen LogP contribution in [0.5, 0.6) is 0 Å². The standard InChI is InChI=1S/C15H33NO2/c1-6-8-13(3)11-18-14(4)10-15(5,12-17)16-9-7-2/h13-14,16-17H,6-12H2,1-5H3. The molecular formula is C15H33NO2. The van der Waals surface area contributed by atoms with Crippen LogP contribution >= 0.6 is 0 Å². The number of hydrogen-bond donors (Lipinski definition) is 2. The van der Waals surface area contributed by atoms with E-state index in [-0.39, 0.29) is 18.2 Å². The lowest BCUT2D eigenvalue weighted by molar-refractivity contribution is 0.0115. The molecule has 0 aromatic heterocycles. The fourth-order valence-corrected chi connectivity index (χ4v) is 2.22. The first-order chi connectivity index (χ1) is 8.47. The van der Waals surface area contributed by atoms with E-state index in [0.717, 1.165) is 26.0 Å². The molecule has 2 N–H and O–H groups in total. The third kappa shape index (κ3) is 8.06. The van der Waals surface area contributed by atoms with E-state index >= 15 is 0 Å². The highest BCUT2D eigenvalue weighted by atomic mass is 16.5. The molecular weight excluding hydrogens is 226 g/mol. The van der Waals surface area contributed by atoms with E-state index in [0.29, 0.717) is 5.92 Å². The van der Waals surface area contributed by atoms with Crippen LogP contribution < -0.4 is 5.32 Å². The van der Waals surface area contributed by atoms with Gasteiger partial charge in [0, 0.05) is 12.1 Å². The van der Waals surface area contributed by atoms with Crippen molar-refractivity contribution in [2.24, 2.45) is 5.92 Å². The van der Waals surface area contributed by atoms with Gasteiger partial charge >= 0.3 is 0 Å². The molecule has 3 unspecified atom stereocenters. The molecule has 0 bridgehead atoms. The second-order valence-corrected chi connectivity index (χ2v) is 5.89. The highest BCUT2D eigenvalue weighted by molar-refractivity contribution is 4.84. The smallest absolute Gasteiger partial charge is 0.0611 e. The molecule has 0 aliphatic rings. The molecule has 0 aromatic rings. The van der Waals surface area contributed by atoms with Gasteiger partial charge < -0.3 is 15.2 Å². The molecule has 0 saturated carbocycles. The van der Waals surface area contributed by atoms with Crippen molar-refractivity contribution >= 4 is 0 Å². The zero-order valence-corrected chi connectivity index (χ0v) is 13.0. The number of aliphatic hydroxyl groups is 1. The number of rotatable bonds is 11. The van der Waals surface area contributed by atoms with E-state index in [9.17, 15) is 5.11 Å². The summed E-state index contributed by atoms with van der Waals surface area (Å²) < 4.78 is 5.88. The van der Waals surface area contributed by atoms with Crippen LogP contribution in [0.15, 0.2) is 0 Å². The Morgan fingerprint density at radius 3 is 2.39 bits per heavy atom. The summed E-state index contributed by atoms with van der Waals surface area (Å²) in [4.78, 5) is 0. The summed E-state index contributed by atoms with van der Waals surface area (Å²) in [5, 5.41) is 12.9. The average molecular weight is 259 g/mol. The van der Waals surface area contributed by atoms with Gasteiger partial charge in [0.15, 0.2) is 0 Å². The summed E-state index contributed by atoms with van der Waals surface area (Å²) in [6.07, 6.45) is 4.55. The molecule has 0 saturated heterocycles. The van der Waals surface area contributed by atoms with E-state index in [1.54, 1.807) is 0 Å². The van der Waals surface area contributed by atoms with Gasteiger partial charge in [-0.2, -0.15) is 0 Å². The summed E-state index contributed by atoms with van der Waals surface area (Å²) >= 11 is 0. The lowest BCUT2D eigenvalue weighted by Crippen LogP contribution is -2.48. The largest absolute Gasteiger partial charge is 0.394 e. The maximum Gasteiger partial charge on any atom is 0.0611 e. The Balaban J connectivity index is 3.98. The van der Waals surface area contributed by atoms with E-state index in [1.165, 1.54) is 12.8 Å². The van der Waals surface area contributed by atoms with Crippen molar-refractivity contribution in [2.45, 2.75) is 71.9 Å². The van der Waals surface area contributed by atoms with Crippen LogP contribution in [-0.4, -0.2) is 36.5 Å². The van der Waals surface area contributed by atoms with Crippen molar-refractivity contribution in [1.82, 2.24) is 5.32 Å². The summed E-state index contributed by atoms with van der Waals surface area (Å²) in [5.74, 6) is 0.626. The number of nitrogens with one attached hydrogen (secondary N) is 1. The van der Waals surface area contributed by atoms with Crippen molar-refractivity contribution in [3.63, 3.8) is 0 Å². The number of ether oxygens (including phenoxy) is 1. The first-order valence-corrected chi connectivity index (χ1v) is 7.44. The second kappa shape index (κ2) is 9.76. The molecule has 0 heterocycles. The van der Waals surface area contributed by atoms with E-state index in [2.05, 4.69) is 39.9 Å². The normalized spacial score (nSPS) is 18.3. The topological polar surface area (TPSA) is 41.5 Å². The van der Waals surface area contributed by atoms with Crippen LogP contribution in [0.3, 0.4) is 0 Å². The lowest BCUT2D eigenvalue weighted by atomic mass is 9.95. The van der Waals surface area contributed by atoms with Gasteiger partial charge in [0.2, 0.25) is 0 Å². The molecule has 110 valence electrons. The predicted octanol–water partition coefficient (Wildman–Crippen LogP) is 2.97. The molecule has 0 aliphatic carbocycles. The SMILES string of the molecule is CCCNC(C)(CO)CC(C)OCC(C)CCC. The van der Waals surface area contributed by atoms with Gasteiger partial charge in [0.1, 0.15) is 0 Å². The monoisotopic (exact) mass is 259 g/mol. The van der Waals surface area contributed by atoms with E-state index < -0.39 is 0 Å². The first-order valence-electron chi connectivity index (χ1n) is 7.44. The average Bonchev–Trinajstić information content (AvgIpc) is 2.34. The van der Waals surface area contributed by atoms with E-state index in [4.69, 9.17) is 4.74 Å². The third-order valence-electron chi connectivity index (χ3n) is 3.34. The Morgan fingerprint density at radius 2 is 1.89 bits per heavy atom. The molecule has 0 fully saturated rings. The first kappa shape index (κ1) is 17.9. The van der Waals surface area contributed by atoms with Crippen molar-refractivity contribution in [2.75, 3.05) is 19.8 Å². The molecule has 0 amide bonds. The van der Waals surface area contributed by atoms with Gasteiger partial charge in [-0.05, 0) is 45.6 Å². The minimum absolute atomic E-state index is 0.158. The fourth-order valence-electron chi connectivity index (χ4n) is 2.22. The Labute approximate surface area is 113 Å².